The Hall–Kier alpha value is -3.60. The van der Waals surface area contributed by atoms with Gasteiger partial charge in [-0.05, 0) is 53.8 Å². The van der Waals surface area contributed by atoms with E-state index in [0.29, 0.717) is 12.4 Å². The Balaban J connectivity index is 1.52. The van der Waals surface area contributed by atoms with Crippen molar-refractivity contribution in [1.29, 1.82) is 0 Å². The molecule has 5 heteroatoms. The van der Waals surface area contributed by atoms with Crippen molar-refractivity contribution < 1.29 is 14.6 Å². The van der Waals surface area contributed by atoms with Crippen LogP contribution in [0.3, 0.4) is 0 Å². The third-order valence-electron chi connectivity index (χ3n) is 6.83. The Morgan fingerprint density at radius 3 is 2.13 bits per heavy atom. The molecule has 0 amide bonds. The third kappa shape index (κ3) is 7.95. The van der Waals surface area contributed by atoms with Gasteiger partial charge in [-0.25, -0.2) is 0 Å². The number of carboxylic acid groups (broad SMARTS) is 1. The van der Waals surface area contributed by atoms with Gasteiger partial charge >= 0.3 is 5.97 Å². The zero-order valence-corrected chi connectivity index (χ0v) is 22.4. The van der Waals surface area contributed by atoms with Crippen molar-refractivity contribution in [1.82, 2.24) is 4.90 Å². The highest BCUT2D eigenvalue weighted by molar-refractivity contribution is 6.31. The van der Waals surface area contributed by atoms with E-state index in [0.717, 1.165) is 35.7 Å². The average molecular weight is 528 g/mol. The standard InChI is InChI=1S/C33H34ClNO3/c1-25(19-20-38-30-17-10-11-26(21-30)22-33(36)37)35(23-29-16-8-9-18-32(29)34)24-31(27-12-4-2-5-13-27)28-14-6-3-7-15-28/h2-18,21,25,31H,19-20,22-24H2,1H3,(H,36,37). The largest absolute Gasteiger partial charge is 0.494 e. The molecule has 0 aromatic heterocycles. The van der Waals surface area contributed by atoms with Crippen molar-refractivity contribution >= 4 is 17.6 Å². The minimum atomic E-state index is -0.850. The normalized spacial score (nSPS) is 12.0. The lowest BCUT2D eigenvalue weighted by molar-refractivity contribution is -0.136. The molecule has 0 aliphatic heterocycles. The maximum absolute atomic E-state index is 11.1. The van der Waals surface area contributed by atoms with Crippen LogP contribution in [0.2, 0.25) is 5.02 Å². The second kappa shape index (κ2) is 13.8. The number of hydrogen-bond acceptors (Lipinski definition) is 3. The number of benzene rings is 4. The van der Waals surface area contributed by atoms with E-state index >= 15 is 0 Å². The molecule has 0 aliphatic carbocycles. The van der Waals surface area contributed by atoms with E-state index in [1.807, 2.05) is 36.4 Å². The summed E-state index contributed by atoms with van der Waals surface area (Å²) in [5.41, 5.74) is 4.39. The van der Waals surface area contributed by atoms with Crippen LogP contribution in [-0.4, -0.2) is 35.2 Å². The van der Waals surface area contributed by atoms with Gasteiger partial charge in [0.25, 0.3) is 0 Å². The second-order valence-electron chi connectivity index (χ2n) is 9.60. The summed E-state index contributed by atoms with van der Waals surface area (Å²) >= 11 is 6.59. The number of aliphatic carboxylic acids is 1. The summed E-state index contributed by atoms with van der Waals surface area (Å²) in [7, 11) is 0. The van der Waals surface area contributed by atoms with Gasteiger partial charge in [0, 0.05) is 30.1 Å². The summed E-state index contributed by atoms with van der Waals surface area (Å²) in [5.74, 6) is 0.0494. The highest BCUT2D eigenvalue weighted by atomic mass is 35.5. The number of rotatable bonds is 13. The van der Waals surface area contributed by atoms with Gasteiger partial charge in [-0.2, -0.15) is 0 Å². The molecule has 0 bridgehead atoms. The van der Waals surface area contributed by atoms with Crippen LogP contribution in [-0.2, 0) is 17.8 Å². The first kappa shape index (κ1) is 27.4. The minimum absolute atomic E-state index is 0.0143. The molecular weight excluding hydrogens is 494 g/mol. The number of carboxylic acids is 1. The number of ether oxygens (including phenoxy) is 1. The van der Waals surface area contributed by atoms with Crippen LogP contribution in [0.4, 0.5) is 0 Å². The van der Waals surface area contributed by atoms with Crippen LogP contribution in [0.25, 0.3) is 0 Å². The first-order valence-electron chi connectivity index (χ1n) is 13.0. The Morgan fingerprint density at radius 1 is 0.868 bits per heavy atom. The quantitative estimate of drug-likeness (QED) is 0.196. The Morgan fingerprint density at radius 2 is 1.50 bits per heavy atom. The molecular formula is C33H34ClNO3. The molecule has 0 saturated carbocycles. The zero-order valence-electron chi connectivity index (χ0n) is 21.7. The molecule has 0 radical (unpaired) electrons. The molecule has 4 rings (SSSR count). The Kier molecular flexibility index (Phi) is 9.97. The molecule has 4 aromatic rings. The average Bonchev–Trinajstić information content (AvgIpc) is 2.93. The smallest absolute Gasteiger partial charge is 0.307 e. The van der Waals surface area contributed by atoms with E-state index in [-0.39, 0.29) is 18.4 Å². The molecule has 4 nitrogen and oxygen atoms in total. The van der Waals surface area contributed by atoms with E-state index < -0.39 is 5.97 Å². The van der Waals surface area contributed by atoms with Gasteiger partial charge in [0.05, 0.1) is 13.0 Å². The van der Waals surface area contributed by atoms with E-state index in [2.05, 4.69) is 78.6 Å². The number of nitrogens with zero attached hydrogens (tertiary/aromatic N) is 1. The molecule has 1 unspecified atom stereocenters. The highest BCUT2D eigenvalue weighted by Gasteiger charge is 2.23. The molecule has 4 aromatic carbocycles. The van der Waals surface area contributed by atoms with E-state index in [9.17, 15) is 4.79 Å². The van der Waals surface area contributed by atoms with Gasteiger partial charge < -0.3 is 9.84 Å². The first-order valence-corrected chi connectivity index (χ1v) is 13.4. The molecule has 0 fully saturated rings. The van der Waals surface area contributed by atoms with Crippen molar-refractivity contribution in [3.63, 3.8) is 0 Å². The monoisotopic (exact) mass is 527 g/mol. The van der Waals surface area contributed by atoms with Crippen molar-refractivity contribution in [3.05, 3.63) is 136 Å². The fraction of sp³-hybridized carbons (Fsp3) is 0.242. The lowest BCUT2D eigenvalue weighted by atomic mass is 9.90. The lowest BCUT2D eigenvalue weighted by Crippen LogP contribution is -2.37. The second-order valence-corrected chi connectivity index (χ2v) is 10.0. The summed E-state index contributed by atoms with van der Waals surface area (Å²) in [4.78, 5) is 13.6. The molecule has 1 N–H and O–H groups in total. The maximum Gasteiger partial charge on any atom is 0.307 e. The van der Waals surface area contributed by atoms with Crippen molar-refractivity contribution in [3.8, 4) is 5.75 Å². The zero-order chi connectivity index (χ0) is 26.7. The van der Waals surface area contributed by atoms with Crippen LogP contribution in [0.15, 0.2) is 109 Å². The van der Waals surface area contributed by atoms with Crippen molar-refractivity contribution in [2.75, 3.05) is 13.2 Å². The van der Waals surface area contributed by atoms with Crippen LogP contribution in [0.1, 0.15) is 41.5 Å². The van der Waals surface area contributed by atoms with Crippen LogP contribution in [0, 0.1) is 0 Å². The summed E-state index contributed by atoms with van der Waals surface area (Å²) in [6.45, 7) is 4.31. The van der Waals surface area contributed by atoms with Crippen molar-refractivity contribution in [2.24, 2.45) is 0 Å². The SMILES string of the molecule is CC(CCOc1cccc(CC(=O)O)c1)N(Cc1ccccc1Cl)CC(c1ccccc1)c1ccccc1. The van der Waals surface area contributed by atoms with Gasteiger partial charge in [0.15, 0.2) is 0 Å². The first-order chi connectivity index (χ1) is 18.5. The summed E-state index contributed by atoms with van der Waals surface area (Å²) in [5, 5.41) is 9.86. The fourth-order valence-electron chi connectivity index (χ4n) is 4.70. The molecule has 0 aliphatic rings. The van der Waals surface area contributed by atoms with Crippen LogP contribution >= 0.6 is 11.6 Å². The van der Waals surface area contributed by atoms with Crippen LogP contribution < -0.4 is 4.74 Å². The predicted octanol–water partition coefficient (Wildman–Crippen LogP) is 7.46. The fourth-order valence-corrected chi connectivity index (χ4v) is 4.90. The van der Waals surface area contributed by atoms with Gasteiger partial charge in [-0.3, -0.25) is 9.69 Å². The predicted molar refractivity (Wildman–Crippen MR) is 154 cm³/mol. The Bertz CT molecular complexity index is 1260. The van der Waals surface area contributed by atoms with Gasteiger partial charge in [0.1, 0.15) is 5.75 Å². The van der Waals surface area contributed by atoms with Gasteiger partial charge in [-0.15, -0.1) is 0 Å². The Labute approximate surface area is 230 Å². The highest BCUT2D eigenvalue weighted by Crippen LogP contribution is 2.29. The maximum atomic E-state index is 11.1. The van der Waals surface area contributed by atoms with Gasteiger partial charge in [-0.1, -0.05) is 103 Å². The molecule has 38 heavy (non-hydrogen) atoms. The summed E-state index contributed by atoms with van der Waals surface area (Å²) < 4.78 is 6.05. The molecule has 0 spiro atoms. The summed E-state index contributed by atoms with van der Waals surface area (Å²) in [6.07, 6.45) is 0.795. The van der Waals surface area contributed by atoms with E-state index in [4.69, 9.17) is 21.4 Å². The number of carbonyl (C=O) groups is 1. The van der Waals surface area contributed by atoms with E-state index in [1.165, 1.54) is 11.1 Å². The summed E-state index contributed by atoms with van der Waals surface area (Å²) in [6, 6.07) is 36.8. The lowest BCUT2D eigenvalue weighted by Gasteiger charge is -2.33. The number of halogens is 1. The topological polar surface area (TPSA) is 49.8 Å². The van der Waals surface area contributed by atoms with Gasteiger partial charge in [0.2, 0.25) is 0 Å². The van der Waals surface area contributed by atoms with Crippen molar-refractivity contribution in [2.45, 2.75) is 38.3 Å². The van der Waals surface area contributed by atoms with E-state index in [1.54, 1.807) is 6.07 Å². The number of hydrogen-bond donors (Lipinski definition) is 1. The molecule has 0 heterocycles. The third-order valence-corrected chi connectivity index (χ3v) is 7.20. The molecule has 196 valence electrons. The molecule has 1 atom stereocenters. The van der Waals surface area contributed by atoms with Crippen LogP contribution in [0.5, 0.6) is 5.75 Å². The minimum Gasteiger partial charge on any atom is -0.494 e. The molecule has 0 saturated heterocycles.